The molecule has 0 aromatic heterocycles. The van der Waals surface area contributed by atoms with Gasteiger partial charge in [-0.25, -0.2) is 0 Å². The van der Waals surface area contributed by atoms with Crippen LogP contribution in [-0.4, -0.2) is 5.78 Å². The van der Waals surface area contributed by atoms with Crippen molar-refractivity contribution in [2.24, 2.45) is 0 Å². The molecule has 0 amide bonds. The van der Waals surface area contributed by atoms with Gasteiger partial charge in [-0.15, -0.1) is 5.92 Å². The summed E-state index contributed by atoms with van der Waals surface area (Å²) >= 11 is 0. The van der Waals surface area contributed by atoms with E-state index in [1.54, 1.807) is 0 Å². The molecule has 1 heteroatoms. The number of hydrogen-bond donors (Lipinski definition) is 0. The van der Waals surface area contributed by atoms with Gasteiger partial charge in [-0.2, -0.15) is 0 Å². The van der Waals surface area contributed by atoms with Gasteiger partial charge in [0.25, 0.3) is 0 Å². The third kappa shape index (κ3) is 4.12. The van der Waals surface area contributed by atoms with Crippen molar-refractivity contribution < 1.29 is 4.79 Å². The van der Waals surface area contributed by atoms with Crippen LogP contribution in [0.1, 0.15) is 23.6 Å². The summed E-state index contributed by atoms with van der Waals surface area (Å²) < 4.78 is 0. The first-order valence-electron chi connectivity index (χ1n) is 6.35. The molecule has 94 valence electrons. The van der Waals surface area contributed by atoms with Crippen LogP contribution in [0.5, 0.6) is 0 Å². The molecule has 0 radical (unpaired) electrons. The quantitative estimate of drug-likeness (QED) is 0.758. The van der Waals surface area contributed by atoms with Crippen molar-refractivity contribution in [1.82, 2.24) is 0 Å². The maximum absolute atomic E-state index is 12.0. The maximum Gasteiger partial charge on any atom is 0.141 e. The summed E-state index contributed by atoms with van der Waals surface area (Å²) in [6.45, 7) is 1.82. The van der Waals surface area contributed by atoms with E-state index in [0.29, 0.717) is 12.8 Å². The third-order valence-corrected chi connectivity index (χ3v) is 2.87. The summed E-state index contributed by atoms with van der Waals surface area (Å²) in [5, 5.41) is 0. The van der Waals surface area contributed by atoms with Gasteiger partial charge >= 0.3 is 0 Å². The highest BCUT2D eigenvalue weighted by Gasteiger charge is 2.04. The van der Waals surface area contributed by atoms with Crippen molar-refractivity contribution >= 4 is 5.78 Å². The first-order valence-corrected chi connectivity index (χ1v) is 6.35. The summed E-state index contributed by atoms with van der Waals surface area (Å²) in [5.74, 6) is 6.09. The fourth-order valence-corrected chi connectivity index (χ4v) is 1.96. The van der Waals surface area contributed by atoms with E-state index in [4.69, 9.17) is 0 Å². The Balaban J connectivity index is 1.96. The smallest absolute Gasteiger partial charge is 0.141 e. The molecule has 2 aromatic rings. The van der Waals surface area contributed by atoms with Crippen LogP contribution in [-0.2, 0) is 17.6 Å². The summed E-state index contributed by atoms with van der Waals surface area (Å²) in [4.78, 5) is 12.0. The van der Waals surface area contributed by atoms with Gasteiger partial charge in [0.15, 0.2) is 0 Å². The molecule has 0 unspecified atom stereocenters. The predicted molar refractivity (Wildman–Crippen MR) is 77.9 cm³/mol. The van der Waals surface area contributed by atoms with E-state index in [2.05, 4.69) is 11.8 Å². The Kier molecular flexibility index (Phi) is 4.53. The molecule has 19 heavy (non-hydrogen) atoms. The molecular formula is C18H16O. The first-order chi connectivity index (χ1) is 9.28. The molecular weight excluding hydrogens is 232 g/mol. The molecule has 0 heterocycles. The molecule has 2 aromatic carbocycles. The second-order valence-electron chi connectivity index (χ2n) is 4.45. The van der Waals surface area contributed by atoms with E-state index in [1.165, 1.54) is 0 Å². The Morgan fingerprint density at radius 3 is 2.05 bits per heavy atom. The fourth-order valence-electron chi connectivity index (χ4n) is 1.96. The lowest BCUT2D eigenvalue weighted by Gasteiger charge is -2.02. The van der Waals surface area contributed by atoms with Crippen LogP contribution in [0.25, 0.3) is 0 Å². The monoisotopic (exact) mass is 248 g/mol. The van der Waals surface area contributed by atoms with Crippen molar-refractivity contribution in [3.05, 3.63) is 71.3 Å². The van der Waals surface area contributed by atoms with Gasteiger partial charge in [-0.3, -0.25) is 4.79 Å². The largest absolute Gasteiger partial charge is 0.299 e. The summed E-state index contributed by atoms with van der Waals surface area (Å²) in [7, 11) is 0. The SMILES string of the molecule is CC#Cc1ccc(CC(=O)Cc2ccccc2)cc1. The number of rotatable bonds is 4. The zero-order valence-corrected chi connectivity index (χ0v) is 11.0. The molecule has 0 N–H and O–H groups in total. The molecule has 0 fully saturated rings. The summed E-state index contributed by atoms with van der Waals surface area (Å²) in [6.07, 6.45) is 0.978. The Bertz CT molecular complexity index is 598. The van der Waals surface area contributed by atoms with Gasteiger partial charge in [0, 0.05) is 18.4 Å². The van der Waals surface area contributed by atoms with Crippen LogP contribution in [0.4, 0.5) is 0 Å². The Labute approximate surface area is 114 Å². The van der Waals surface area contributed by atoms with Gasteiger partial charge in [0.2, 0.25) is 0 Å². The molecule has 0 aliphatic heterocycles. The Morgan fingerprint density at radius 1 is 0.895 bits per heavy atom. The topological polar surface area (TPSA) is 17.1 Å². The van der Waals surface area contributed by atoms with Gasteiger partial charge in [0.05, 0.1) is 0 Å². The van der Waals surface area contributed by atoms with Gasteiger partial charge in [-0.05, 0) is 30.2 Å². The van der Waals surface area contributed by atoms with Gasteiger partial charge < -0.3 is 0 Å². The highest BCUT2D eigenvalue weighted by molar-refractivity contribution is 5.83. The Morgan fingerprint density at radius 2 is 1.47 bits per heavy atom. The standard InChI is InChI=1S/C18H16O/c1-2-6-15-9-11-17(12-10-15)14-18(19)13-16-7-4-3-5-8-16/h3-5,7-12H,13-14H2,1H3. The van der Waals surface area contributed by atoms with Crippen molar-refractivity contribution in [3.63, 3.8) is 0 Å². The minimum atomic E-state index is 0.237. The van der Waals surface area contributed by atoms with Crippen molar-refractivity contribution in [2.45, 2.75) is 19.8 Å². The number of Topliss-reactive ketones (excluding diaryl/α,β-unsaturated/α-hetero) is 1. The maximum atomic E-state index is 12.0. The van der Waals surface area contributed by atoms with Crippen LogP contribution in [0.3, 0.4) is 0 Å². The van der Waals surface area contributed by atoms with E-state index in [-0.39, 0.29) is 5.78 Å². The molecule has 0 bridgehead atoms. The average Bonchev–Trinajstić information content (AvgIpc) is 2.42. The highest BCUT2D eigenvalue weighted by Crippen LogP contribution is 2.07. The summed E-state index contributed by atoms with van der Waals surface area (Å²) in [5.41, 5.74) is 3.10. The van der Waals surface area contributed by atoms with E-state index in [0.717, 1.165) is 16.7 Å². The normalized spacial score (nSPS) is 9.53. The molecule has 0 atom stereocenters. The minimum absolute atomic E-state index is 0.237. The average molecular weight is 248 g/mol. The van der Waals surface area contributed by atoms with Crippen LogP contribution in [0.15, 0.2) is 54.6 Å². The summed E-state index contributed by atoms with van der Waals surface area (Å²) in [6, 6.07) is 17.7. The molecule has 0 aliphatic rings. The molecule has 0 saturated carbocycles. The number of benzene rings is 2. The number of hydrogen-bond acceptors (Lipinski definition) is 1. The zero-order valence-electron chi connectivity index (χ0n) is 11.0. The van der Waals surface area contributed by atoms with Gasteiger partial charge in [0.1, 0.15) is 5.78 Å². The second kappa shape index (κ2) is 6.56. The second-order valence-corrected chi connectivity index (χ2v) is 4.45. The van der Waals surface area contributed by atoms with Crippen molar-refractivity contribution in [2.75, 3.05) is 0 Å². The molecule has 0 spiro atoms. The van der Waals surface area contributed by atoms with Crippen LogP contribution in [0, 0.1) is 11.8 Å². The predicted octanol–water partition coefficient (Wildman–Crippen LogP) is 3.41. The number of carbonyl (C=O) groups is 1. The zero-order chi connectivity index (χ0) is 13.5. The highest BCUT2D eigenvalue weighted by atomic mass is 16.1. The van der Waals surface area contributed by atoms with Crippen LogP contribution in [0.2, 0.25) is 0 Å². The molecule has 0 aliphatic carbocycles. The molecule has 2 rings (SSSR count). The lowest BCUT2D eigenvalue weighted by Crippen LogP contribution is -2.06. The molecule has 0 saturated heterocycles. The van der Waals surface area contributed by atoms with Crippen molar-refractivity contribution in [3.8, 4) is 11.8 Å². The lowest BCUT2D eigenvalue weighted by molar-refractivity contribution is -0.117. The number of carbonyl (C=O) groups excluding carboxylic acids is 1. The number of ketones is 1. The fraction of sp³-hybridized carbons (Fsp3) is 0.167. The van der Waals surface area contributed by atoms with Crippen molar-refractivity contribution in [1.29, 1.82) is 0 Å². The van der Waals surface area contributed by atoms with Gasteiger partial charge in [-0.1, -0.05) is 48.4 Å². The molecule has 1 nitrogen and oxygen atoms in total. The van der Waals surface area contributed by atoms with E-state index >= 15 is 0 Å². The van der Waals surface area contributed by atoms with E-state index in [1.807, 2.05) is 61.5 Å². The van der Waals surface area contributed by atoms with E-state index < -0.39 is 0 Å². The van der Waals surface area contributed by atoms with Crippen LogP contribution < -0.4 is 0 Å². The Hall–Kier alpha value is -2.33. The third-order valence-electron chi connectivity index (χ3n) is 2.87. The first kappa shape index (κ1) is 13.1. The van der Waals surface area contributed by atoms with E-state index in [9.17, 15) is 4.79 Å². The van der Waals surface area contributed by atoms with Crippen LogP contribution >= 0.6 is 0 Å². The minimum Gasteiger partial charge on any atom is -0.299 e. The lowest BCUT2D eigenvalue weighted by atomic mass is 10.0.